The molecule has 1 N–H and O–H groups in total. The molecule has 0 aliphatic carbocycles. The quantitative estimate of drug-likeness (QED) is 0.0864. The molecule has 10 heteroatoms. The Morgan fingerprint density at radius 2 is 1.54 bits per heavy atom. The van der Waals surface area contributed by atoms with Crippen molar-refractivity contribution in [1.29, 1.82) is 0 Å². The first-order chi connectivity index (χ1) is 22.3. The Kier molecular flexibility index (Phi) is 12.6. The minimum Gasteiger partial charge on any atom is -0.495 e. The first-order valence-electron chi connectivity index (χ1n) is 16.6. The number of ether oxygens (including phenoxy) is 2. The summed E-state index contributed by atoms with van der Waals surface area (Å²) >= 11 is 0. The molecule has 0 saturated heterocycles. The number of carbonyl (C=O) groups excluding carboxylic acids is 1. The predicted octanol–water partition coefficient (Wildman–Crippen LogP) is 7.96. The average molecular weight is 634 g/mol. The van der Waals surface area contributed by atoms with Crippen molar-refractivity contribution in [3.05, 3.63) is 68.9 Å². The Labute approximate surface area is 270 Å². The van der Waals surface area contributed by atoms with Crippen LogP contribution in [0.3, 0.4) is 0 Å². The highest BCUT2D eigenvalue weighted by Gasteiger charge is 2.27. The number of fused-ring (bicyclic) bond motifs is 1. The van der Waals surface area contributed by atoms with Gasteiger partial charge in [-0.15, -0.1) is 0 Å². The lowest BCUT2D eigenvalue weighted by molar-refractivity contribution is 0.0497. The molecule has 2 aromatic heterocycles. The molecule has 248 valence electrons. The van der Waals surface area contributed by atoms with Gasteiger partial charge in [-0.25, -0.2) is 19.1 Å². The van der Waals surface area contributed by atoms with E-state index in [9.17, 15) is 19.5 Å². The van der Waals surface area contributed by atoms with Crippen LogP contribution in [0.4, 0.5) is 0 Å². The van der Waals surface area contributed by atoms with Gasteiger partial charge in [-0.2, -0.15) is 0 Å². The third-order valence-corrected chi connectivity index (χ3v) is 8.20. The molecule has 4 rings (SSSR count). The fraction of sp³-hybridized carbons (Fsp3) is 0.500. The number of nitrogens with zero attached hydrogens (tertiary/aromatic N) is 3. The SMILES string of the molecule is CCCCCCCCCCCCCCOC(=O)c1ccc(OC)c(-n2c(O)c(-c3nc4ccccc4c(=O)n3C(C)C)oc2=O)c1. The minimum atomic E-state index is -0.939. The fourth-order valence-corrected chi connectivity index (χ4v) is 5.69. The number of methoxy groups -OCH3 is 1. The summed E-state index contributed by atoms with van der Waals surface area (Å²) in [5.74, 6) is -2.12. The number of para-hydroxylation sites is 1. The highest BCUT2D eigenvalue weighted by molar-refractivity contribution is 5.90. The number of hydrogen-bond acceptors (Lipinski definition) is 8. The number of hydrogen-bond donors (Lipinski definition) is 1. The third-order valence-electron chi connectivity index (χ3n) is 8.20. The van der Waals surface area contributed by atoms with E-state index in [0.717, 1.165) is 23.8 Å². The average Bonchev–Trinajstić information content (AvgIpc) is 3.35. The van der Waals surface area contributed by atoms with Gasteiger partial charge in [-0.1, -0.05) is 89.7 Å². The second-order valence-corrected chi connectivity index (χ2v) is 12.0. The van der Waals surface area contributed by atoms with E-state index >= 15 is 0 Å². The monoisotopic (exact) mass is 633 g/mol. The Hall–Kier alpha value is -4.34. The van der Waals surface area contributed by atoms with Gasteiger partial charge in [0.05, 0.1) is 35.9 Å². The molecule has 10 nitrogen and oxygen atoms in total. The van der Waals surface area contributed by atoms with Crippen molar-refractivity contribution in [2.24, 2.45) is 0 Å². The van der Waals surface area contributed by atoms with E-state index in [2.05, 4.69) is 11.9 Å². The zero-order chi connectivity index (χ0) is 33.1. The van der Waals surface area contributed by atoms with Gasteiger partial charge in [0.15, 0.2) is 5.82 Å². The van der Waals surface area contributed by atoms with Crippen LogP contribution in [-0.2, 0) is 4.74 Å². The summed E-state index contributed by atoms with van der Waals surface area (Å²) in [5, 5.41) is 11.7. The van der Waals surface area contributed by atoms with Gasteiger partial charge >= 0.3 is 11.7 Å². The van der Waals surface area contributed by atoms with Gasteiger partial charge in [0.2, 0.25) is 11.6 Å². The summed E-state index contributed by atoms with van der Waals surface area (Å²) in [6, 6.07) is 10.9. The summed E-state index contributed by atoms with van der Waals surface area (Å²) in [5.41, 5.74) is 0.330. The van der Waals surface area contributed by atoms with Crippen LogP contribution in [-0.4, -0.2) is 38.9 Å². The number of oxazole rings is 1. The first kappa shape index (κ1) is 34.5. The lowest BCUT2D eigenvalue weighted by Crippen LogP contribution is -2.25. The summed E-state index contributed by atoms with van der Waals surface area (Å²) in [6.07, 6.45) is 14.6. The second kappa shape index (κ2) is 16.8. The number of aromatic hydroxyl groups is 1. The molecule has 0 unspecified atom stereocenters. The van der Waals surface area contributed by atoms with Crippen LogP contribution in [0.1, 0.15) is 114 Å². The third kappa shape index (κ3) is 8.27. The molecule has 0 fully saturated rings. The number of rotatable bonds is 18. The molecule has 0 spiro atoms. The van der Waals surface area contributed by atoms with Crippen molar-refractivity contribution < 1.29 is 23.8 Å². The van der Waals surface area contributed by atoms with Crippen molar-refractivity contribution >= 4 is 16.9 Å². The maximum atomic E-state index is 13.3. The number of esters is 1. The Morgan fingerprint density at radius 3 is 2.17 bits per heavy atom. The maximum Gasteiger partial charge on any atom is 0.427 e. The standard InChI is InChI=1S/C36H47N3O7/c1-5-6-7-8-9-10-11-12-13-14-15-18-23-45-35(42)26-21-22-30(44-4)29(24-26)39-34(41)31(46-36(39)43)32-37-28-20-17-16-19-27(28)33(40)38(32)25(2)3/h16-17,19-22,24-25,41H,5-15,18,23H2,1-4H3. The normalized spacial score (nSPS) is 11.4. The van der Waals surface area contributed by atoms with Crippen molar-refractivity contribution in [1.82, 2.24) is 14.1 Å². The summed E-state index contributed by atoms with van der Waals surface area (Å²) in [4.78, 5) is 44.0. The van der Waals surface area contributed by atoms with Gasteiger partial charge < -0.3 is 19.0 Å². The number of aromatic nitrogens is 3. The lowest BCUT2D eigenvalue weighted by atomic mass is 10.1. The zero-order valence-electron chi connectivity index (χ0n) is 27.5. The van der Waals surface area contributed by atoms with Gasteiger partial charge in [-0.3, -0.25) is 9.36 Å². The van der Waals surface area contributed by atoms with Gasteiger partial charge in [0.1, 0.15) is 5.75 Å². The van der Waals surface area contributed by atoms with Crippen LogP contribution in [0.2, 0.25) is 0 Å². The molecular formula is C36H47N3O7. The molecule has 0 saturated carbocycles. The molecule has 0 bridgehead atoms. The summed E-state index contributed by atoms with van der Waals surface area (Å²) in [6.45, 7) is 6.12. The molecule has 4 aromatic rings. The molecule has 2 aromatic carbocycles. The van der Waals surface area contributed by atoms with Crippen molar-refractivity contribution in [3.63, 3.8) is 0 Å². The molecule has 46 heavy (non-hydrogen) atoms. The number of benzene rings is 2. The number of carbonyl (C=O) groups is 1. The Bertz CT molecular complexity index is 1720. The lowest BCUT2D eigenvalue weighted by Gasteiger charge is -2.15. The summed E-state index contributed by atoms with van der Waals surface area (Å²) < 4.78 is 18.7. The second-order valence-electron chi connectivity index (χ2n) is 12.0. The van der Waals surface area contributed by atoms with Crippen molar-refractivity contribution in [2.45, 2.75) is 104 Å². The van der Waals surface area contributed by atoms with Crippen LogP contribution in [0.25, 0.3) is 28.2 Å². The largest absolute Gasteiger partial charge is 0.495 e. The molecule has 2 heterocycles. The van der Waals surface area contributed by atoms with Crippen molar-refractivity contribution in [2.75, 3.05) is 13.7 Å². The van der Waals surface area contributed by atoms with E-state index < -0.39 is 17.6 Å². The topological polar surface area (TPSA) is 126 Å². The molecular weight excluding hydrogens is 586 g/mol. The highest BCUT2D eigenvalue weighted by atomic mass is 16.5. The fourth-order valence-electron chi connectivity index (χ4n) is 5.69. The van der Waals surface area contributed by atoms with E-state index in [1.807, 2.05) is 0 Å². The minimum absolute atomic E-state index is 0.00369. The van der Waals surface area contributed by atoms with E-state index in [-0.39, 0.29) is 40.2 Å². The van der Waals surface area contributed by atoms with Gasteiger partial charge in [-0.05, 0) is 50.6 Å². The van der Waals surface area contributed by atoms with Crippen LogP contribution in [0.5, 0.6) is 11.6 Å². The van der Waals surface area contributed by atoms with Crippen molar-refractivity contribution in [3.8, 4) is 28.9 Å². The maximum absolute atomic E-state index is 13.3. The van der Waals surface area contributed by atoms with E-state index in [1.54, 1.807) is 38.1 Å². The van der Waals surface area contributed by atoms with Gasteiger partial charge in [0.25, 0.3) is 5.56 Å². The van der Waals surface area contributed by atoms with Crippen LogP contribution >= 0.6 is 0 Å². The molecule has 0 aliphatic heterocycles. The Morgan fingerprint density at radius 1 is 0.913 bits per heavy atom. The van der Waals surface area contributed by atoms with Crippen LogP contribution in [0, 0.1) is 0 Å². The zero-order valence-corrected chi connectivity index (χ0v) is 27.5. The smallest absolute Gasteiger partial charge is 0.427 e. The molecule has 0 amide bonds. The molecule has 0 aliphatic rings. The number of unbranched alkanes of at least 4 members (excludes halogenated alkanes) is 11. The van der Waals surface area contributed by atoms with E-state index in [4.69, 9.17) is 13.9 Å². The van der Waals surface area contributed by atoms with E-state index in [1.165, 1.54) is 87.7 Å². The van der Waals surface area contributed by atoms with Crippen LogP contribution < -0.4 is 16.1 Å². The predicted molar refractivity (Wildman–Crippen MR) is 179 cm³/mol. The first-order valence-corrected chi connectivity index (χ1v) is 16.6. The van der Waals surface area contributed by atoms with Gasteiger partial charge in [0, 0.05) is 6.04 Å². The van der Waals surface area contributed by atoms with E-state index in [0.29, 0.717) is 17.5 Å². The molecule has 0 radical (unpaired) electrons. The summed E-state index contributed by atoms with van der Waals surface area (Å²) in [7, 11) is 1.41. The molecule has 0 atom stereocenters. The Balaban J connectivity index is 1.43. The highest BCUT2D eigenvalue weighted by Crippen LogP contribution is 2.34. The van der Waals surface area contributed by atoms with Crippen LogP contribution in [0.15, 0.2) is 56.5 Å².